The van der Waals surface area contributed by atoms with E-state index in [1.54, 1.807) is 13.3 Å². The third kappa shape index (κ3) is 3.36. The third-order valence-electron chi connectivity index (χ3n) is 3.20. The zero-order valence-corrected chi connectivity index (χ0v) is 11.0. The van der Waals surface area contributed by atoms with Crippen molar-refractivity contribution in [2.75, 3.05) is 24.6 Å². The highest BCUT2D eigenvalue weighted by Crippen LogP contribution is 2.22. The lowest BCUT2D eigenvalue weighted by molar-refractivity contribution is 0.354. The summed E-state index contributed by atoms with van der Waals surface area (Å²) in [6, 6.07) is 1.90. The number of rotatable bonds is 3. The molecule has 96 valence electrons. The molecule has 0 saturated carbocycles. The maximum atomic E-state index is 5.45. The Morgan fingerprint density at radius 3 is 2.89 bits per heavy atom. The van der Waals surface area contributed by atoms with E-state index in [2.05, 4.69) is 33.6 Å². The normalized spacial score (nSPS) is 16.0. The molecular weight excluding hydrogens is 226 g/mol. The van der Waals surface area contributed by atoms with Crippen molar-refractivity contribution in [1.29, 1.82) is 0 Å². The quantitative estimate of drug-likeness (QED) is 0.765. The molecule has 0 aromatic carbocycles. The molecule has 1 aromatic heterocycles. The molecule has 4 nitrogen and oxygen atoms in total. The van der Waals surface area contributed by atoms with Gasteiger partial charge in [0.15, 0.2) is 6.61 Å². The summed E-state index contributed by atoms with van der Waals surface area (Å²) < 4.78 is 5.45. The topological polar surface area (TPSA) is 38.2 Å². The molecule has 0 atom stereocenters. The third-order valence-corrected chi connectivity index (χ3v) is 3.20. The molecule has 0 unspecified atom stereocenters. The van der Waals surface area contributed by atoms with Crippen molar-refractivity contribution in [3.63, 3.8) is 0 Å². The van der Waals surface area contributed by atoms with Gasteiger partial charge in [-0.3, -0.25) is 0 Å². The summed E-state index contributed by atoms with van der Waals surface area (Å²) in [5.74, 6) is 8.02. The largest absolute Gasteiger partial charge is 0.464 e. The smallest absolute Gasteiger partial charge is 0.219 e. The summed E-state index contributed by atoms with van der Waals surface area (Å²) >= 11 is 0. The van der Waals surface area contributed by atoms with Crippen LogP contribution in [0.2, 0.25) is 0 Å². The maximum absolute atomic E-state index is 5.45. The van der Waals surface area contributed by atoms with Gasteiger partial charge in [-0.15, -0.1) is 5.92 Å². The van der Waals surface area contributed by atoms with Gasteiger partial charge in [0.25, 0.3) is 0 Å². The first-order chi connectivity index (χ1) is 8.79. The number of hydrogen-bond acceptors (Lipinski definition) is 4. The molecule has 2 rings (SSSR count). The fraction of sp³-hybridized carbons (Fsp3) is 0.571. The Hall–Kier alpha value is -1.76. The summed E-state index contributed by atoms with van der Waals surface area (Å²) in [6.45, 7) is 6.60. The van der Waals surface area contributed by atoms with Gasteiger partial charge in [0.1, 0.15) is 12.1 Å². The molecule has 1 saturated heterocycles. The molecule has 4 heteroatoms. The summed E-state index contributed by atoms with van der Waals surface area (Å²) in [7, 11) is 0. The van der Waals surface area contributed by atoms with E-state index in [0.29, 0.717) is 12.5 Å². The number of hydrogen-bond donors (Lipinski definition) is 0. The first-order valence-corrected chi connectivity index (χ1v) is 6.39. The fourth-order valence-corrected chi connectivity index (χ4v) is 2.00. The summed E-state index contributed by atoms with van der Waals surface area (Å²) in [6.07, 6.45) is 4.01. The molecule has 1 aliphatic rings. The van der Waals surface area contributed by atoms with Crippen LogP contribution in [0.4, 0.5) is 5.82 Å². The molecule has 1 fully saturated rings. The minimum Gasteiger partial charge on any atom is -0.464 e. The molecule has 0 spiro atoms. The van der Waals surface area contributed by atoms with Gasteiger partial charge < -0.3 is 9.64 Å². The second-order valence-electron chi connectivity index (χ2n) is 4.60. The minimum absolute atomic E-state index is 0.379. The highest BCUT2D eigenvalue weighted by molar-refractivity contribution is 5.41. The Balaban J connectivity index is 1.99. The first-order valence-electron chi connectivity index (χ1n) is 6.39. The van der Waals surface area contributed by atoms with E-state index in [9.17, 15) is 0 Å². The van der Waals surface area contributed by atoms with Crippen molar-refractivity contribution >= 4 is 5.82 Å². The lowest BCUT2D eigenvalue weighted by Gasteiger charge is -2.31. The highest BCUT2D eigenvalue weighted by atomic mass is 16.5. The molecule has 2 heterocycles. The van der Waals surface area contributed by atoms with Crippen LogP contribution in [0.15, 0.2) is 12.4 Å². The van der Waals surface area contributed by atoms with Crippen LogP contribution in [0, 0.1) is 17.8 Å². The first kappa shape index (κ1) is 12.7. The summed E-state index contributed by atoms with van der Waals surface area (Å²) in [5.41, 5.74) is 0. The molecule has 0 radical (unpaired) electrons. The van der Waals surface area contributed by atoms with Gasteiger partial charge in [0.2, 0.25) is 5.88 Å². The van der Waals surface area contributed by atoms with Gasteiger partial charge in [-0.25, -0.2) is 9.97 Å². The van der Waals surface area contributed by atoms with Crippen molar-refractivity contribution in [2.24, 2.45) is 5.92 Å². The van der Waals surface area contributed by atoms with Crippen molar-refractivity contribution in [3.8, 4) is 17.7 Å². The molecule has 0 amide bonds. The van der Waals surface area contributed by atoms with E-state index in [0.717, 1.165) is 24.8 Å². The molecule has 0 bridgehead atoms. The van der Waals surface area contributed by atoms with E-state index < -0.39 is 0 Å². The second kappa shape index (κ2) is 6.25. The van der Waals surface area contributed by atoms with Crippen LogP contribution >= 0.6 is 0 Å². The molecule has 1 aliphatic heterocycles. The van der Waals surface area contributed by atoms with Gasteiger partial charge >= 0.3 is 0 Å². The monoisotopic (exact) mass is 245 g/mol. The van der Waals surface area contributed by atoms with Gasteiger partial charge in [0, 0.05) is 19.2 Å². The number of aromatic nitrogens is 2. The van der Waals surface area contributed by atoms with E-state index in [4.69, 9.17) is 4.74 Å². The van der Waals surface area contributed by atoms with Gasteiger partial charge in [-0.1, -0.05) is 12.8 Å². The molecular formula is C14H19N3O. The zero-order valence-electron chi connectivity index (χ0n) is 11.0. The Morgan fingerprint density at radius 2 is 2.17 bits per heavy atom. The number of piperidine rings is 1. The Morgan fingerprint density at radius 1 is 1.39 bits per heavy atom. The fourth-order valence-electron chi connectivity index (χ4n) is 2.00. The van der Waals surface area contributed by atoms with E-state index in [-0.39, 0.29) is 0 Å². The SMILES string of the molecule is CC#CCOc1cc(N2CCC(C)CC2)ncn1. The van der Waals surface area contributed by atoms with Crippen LogP contribution in [-0.4, -0.2) is 29.7 Å². The molecule has 18 heavy (non-hydrogen) atoms. The molecule has 0 N–H and O–H groups in total. The van der Waals surface area contributed by atoms with Crippen LogP contribution in [0.25, 0.3) is 0 Å². The highest BCUT2D eigenvalue weighted by Gasteiger charge is 2.17. The average Bonchev–Trinajstić information content (AvgIpc) is 2.40. The molecule has 1 aromatic rings. The van der Waals surface area contributed by atoms with Crippen LogP contribution in [-0.2, 0) is 0 Å². The standard InChI is InChI=1S/C14H19N3O/c1-3-4-9-18-14-10-13(15-11-16-14)17-7-5-12(2)6-8-17/h10-12H,5-9H2,1-2H3. The van der Waals surface area contributed by atoms with E-state index in [1.807, 2.05) is 6.07 Å². The lowest BCUT2D eigenvalue weighted by Crippen LogP contribution is -2.33. The predicted molar refractivity (Wildman–Crippen MR) is 71.6 cm³/mol. The predicted octanol–water partition coefficient (Wildman–Crippen LogP) is 2.12. The lowest BCUT2D eigenvalue weighted by atomic mass is 9.99. The second-order valence-corrected chi connectivity index (χ2v) is 4.60. The van der Waals surface area contributed by atoms with Gasteiger partial charge in [-0.2, -0.15) is 0 Å². The number of ether oxygens (including phenoxy) is 1. The van der Waals surface area contributed by atoms with Crippen molar-refractivity contribution in [1.82, 2.24) is 9.97 Å². The van der Waals surface area contributed by atoms with Crippen molar-refractivity contribution in [3.05, 3.63) is 12.4 Å². The number of nitrogens with zero attached hydrogens (tertiary/aromatic N) is 3. The maximum Gasteiger partial charge on any atom is 0.219 e. The van der Waals surface area contributed by atoms with Gasteiger partial charge in [0.05, 0.1) is 0 Å². The van der Waals surface area contributed by atoms with Crippen LogP contribution in [0.3, 0.4) is 0 Å². The van der Waals surface area contributed by atoms with Gasteiger partial charge in [-0.05, 0) is 25.7 Å². The average molecular weight is 245 g/mol. The zero-order chi connectivity index (χ0) is 12.8. The van der Waals surface area contributed by atoms with Crippen LogP contribution in [0.5, 0.6) is 5.88 Å². The number of anilines is 1. The minimum atomic E-state index is 0.379. The van der Waals surface area contributed by atoms with Crippen molar-refractivity contribution < 1.29 is 4.74 Å². The van der Waals surface area contributed by atoms with Crippen molar-refractivity contribution in [2.45, 2.75) is 26.7 Å². The Bertz CT molecular complexity index is 442. The Labute approximate surface area is 108 Å². The van der Waals surface area contributed by atoms with E-state index >= 15 is 0 Å². The molecule has 0 aliphatic carbocycles. The summed E-state index contributed by atoms with van der Waals surface area (Å²) in [5, 5.41) is 0. The Kier molecular flexibility index (Phi) is 4.40. The van der Waals surface area contributed by atoms with Crippen LogP contribution in [0.1, 0.15) is 26.7 Å². The van der Waals surface area contributed by atoms with Crippen LogP contribution < -0.4 is 9.64 Å². The van der Waals surface area contributed by atoms with E-state index in [1.165, 1.54) is 12.8 Å². The summed E-state index contributed by atoms with van der Waals surface area (Å²) in [4.78, 5) is 10.7.